The third-order valence-electron chi connectivity index (χ3n) is 2.71. The second kappa shape index (κ2) is 6.55. The molecule has 0 unspecified atom stereocenters. The summed E-state index contributed by atoms with van der Waals surface area (Å²) in [7, 11) is 0. The first-order valence-electron chi connectivity index (χ1n) is 6.28. The Bertz CT molecular complexity index is 568. The maximum Gasteiger partial charge on any atom is 0.150 e. The van der Waals surface area contributed by atoms with E-state index in [-0.39, 0.29) is 0 Å². The molecule has 0 N–H and O–H groups in total. The van der Waals surface area contributed by atoms with Gasteiger partial charge in [0.2, 0.25) is 0 Å². The van der Waals surface area contributed by atoms with Gasteiger partial charge in [0.1, 0.15) is 12.0 Å². The van der Waals surface area contributed by atoms with Crippen LogP contribution in [0.4, 0.5) is 0 Å². The Balaban J connectivity index is 2.10. The summed E-state index contributed by atoms with van der Waals surface area (Å²) in [4.78, 5) is 10.7. The van der Waals surface area contributed by atoms with Crippen molar-refractivity contribution in [2.24, 2.45) is 0 Å². The van der Waals surface area contributed by atoms with Crippen LogP contribution in [-0.4, -0.2) is 12.9 Å². The Kier molecular flexibility index (Phi) is 4.51. The number of hydrogen-bond acceptors (Lipinski definition) is 2. The van der Waals surface area contributed by atoms with E-state index in [0.717, 1.165) is 23.2 Å². The van der Waals surface area contributed by atoms with Crippen molar-refractivity contribution in [2.45, 2.75) is 6.92 Å². The number of hydrogen-bond donors (Lipinski definition) is 0. The number of rotatable bonds is 5. The molecule has 0 radical (unpaired) electrons. The second-order valence-electron chi connectivity index (χ2n) is 4.12. The minimum absolute atomic E-state index is 0.674. The molecule has 0 bridgehead atoms. The molecule has 0 fully saturated rings. The number of benzene rings is 2. The summed E-state index contributed by atoms with van der Waals surface area (Å²) in [5.74, 6) is 0.877. The van der Waals surface area contributed by atoms with E-state index in [4.69, 9.17) is 4.74 Å². The zero-order valence-electron chi connectivity index (χ0n) is 10.9. The Morgan fingerprint density at radius 2 is 1.63 bits per heavy atom. The van der Waals surface area contributed by atoms with Crippen molar-refractivity contribution in [1.82, 2.24) is 0 Å². The molecule has 0 spiro atoms. The molecule has 0 aliphatic rings. The average molecular weight is 252 g/mol. The van der Waals surface area contributed by atoms with E-state index >= 15 is 0 Å². The maximum absolute atomic E-state index is 10.7. The fourth-order valence-electron chi connectivity index (χ4n) is 1.77. The normalized spacial score (nSPS) is 10.6. The lowest BCUT2D eigenvalue weighted by Gasteiger charge is -2.02. The van der Waals surface area contributed by atoms with Crippen LogP contribution < -0.4 is 4.74 Å². The maximum atomic E-state index is 10.7. The van der Waals surface area contributed by atoms with Gasteiger partial charge in [-0.3, -0.25) is 4.79 Å². The molecule has 0 saturated heterocycles. The lowest BCUT2D eigenvalue weighted by atomic mass is 10.1. The minimum Gasteiger partial charge on any atom is -0.494 e. The predicted octanol–water partition coefficient (Wildman–Crippen LogP) is 4.07. The van der Waals surface area contributed by atoms with Crippen LogP contribution in [0.2, 0.25) is 0 Å². The molecule has 0 amide bonds. The molecule has 96 valence electrons. The smallest absolute Gasteiger partial charge is 0.150 e. The molecule has 2 nitrogen and oxygen atoms in total. The topological polar surface area (TPSA) is 26.3 Å². The van der Waals surface area contributed by atoms with E-state index in [2.05, 4.69) is 0 Å². The fraction of sp³-hybridized carbons (Fsp3) is 0.118. The van der Waals surface area contributed by atoms with Crippen molar-refractivity contribution in [3.05, 3.63) is 65.2 Å². The van der Waals surface area contributed by atoms with Crippen molar-refractivity contribution in [1.29, 1.82) is 0 Å². The zero-order valence-corrected chi connectivity index (χ0v) is 10.9. The molecule has 19 heavy (non-hydrogen) atoms. The van der Waals surface area contributed by atoms with E-state index < -0.39 is 0 Å². The first kappa shape index (κ1) is 13.1. The van der Waals surface area contributed by atoms with Crippen LogP contribution in [0, 0.1) is 0 Å². The zero-order chi connectivity index (χ0) is 13.5. The predicted molar refractivity (Wildman–Crippen MR) is 78.4 cm³/mol. The molecule has 2 rings (SSSR count). The van der Waals surface area contributed by atoms with Gasteiger partial charge in [-0.1, -0.05) is 42.5 Å². The molecule has 0 saturated carbocycles. The molecule has 2 heteroatoms. The van der Waals surface area contributed by atoms with Gasteiger partial charge in [-0.15, -0.1) is 0 Å². The van der Waals surface area contributed by atoms with E-state index in [1.54, 1.807) is 6.07 Å². The van der Waals surface area contributed by atoms with Gasteiger partial charge >= 0.3 is 0 Å². The van der Waals surface area contributed by atoms with Gasteiger partial charge in [0, 0.05) is 5.56 Å². The summed E-state index contributed by atoms with van der Waals surface area (Å²) < 4.78 is 5.39. The van der Waals surface area contributed by atoms with E-state index in [1.807, 2.05) is 61.5 Å². The summed E-state index contributed by atoms with van der Waals surface area (Å²) in [6, 6.07) is 15.4. The van der Waals surface area contributed by atoms with Crippen molar-refractivity contribution in [3.8, 4) is 5.75 Å². The molecule has 0 aliphatic carbocycles. The van der Waals surface area contributed by atoms with Crippen molar-refractivity contribution < 1.29 is 9.53 Å². The largest absolute Gasteiger partial charge is 0.494 e. The van der Waals surface area contributed by atoms with Crippen LogP contribution in [0.25, 0.3) is 12.2 Å². The molecule has 0 heterocycles. The standard InChI is InChI=1S/C17H16O2/c1-2-19-17-10-8-14(9-11-17)6-7-15-4-3-5-16(12-15)13-18/h3-13H,2H2,1H3/b7-6+. The highest BCUT2D eigenvalue weighted by atomic mass is 16.5. The summed E-state index contributed by atoms with van der Waals surface area (Å²) in [6.07, 6.45) is 4.86. The number of ether oxygens (including phenoxy) is 1. The summed E-state index contributed by atoms with van der Waals surface area (Å²) in [5.41, 5.74) is 2.80. The van der Waals surface area contributed by atoms with Gasteiger partial charge in [-0.2, -0.15) is 0 Å². The van der Waals surface area contributed by atoms with Gasteiger partial charge in [0.05, 0.1) is 6.61 Å². The number of aldehydes is 1. The molecule has 0 aliphatic heterocycles. The van der Waals surface area contributed by atoms with Gasteiger partial charge in [0.25, 0.3) is 0 Å². The monoisotopic (exact) mass is 252 g/mol. The molecule has 0 atom stereocenters. The Hall–Kier alpha value is -2.35. The third-order valence-corrected chi connectivity index (χ3v) is 2.71. The van der Waals surface area contributed by atoms with E-state index in [9.17, 15) is 4.79 Å². The third kappa shape index (κ3) is 3.81. The second-order valence-corrected chi connectivity index (χ2v) is 4.12. The van der Waals surface area contributed by atoms with Crippen LogP contribution in [0.5, 0.6) is 5.75 Å². The molecular formula is C17H16O2. The molecular weight excluding hydrogens is 236 g/mol. The first-order valence-corrected chi connectivity index (χ1v) is 6.28. The summed E-state index contributed by atoms with van der Waals surface area (Å²) in [5, 5.41) is 0. The first-order chi connectivity index (χ1) is 9.31. The summed E-state index contributed by atoms with van der Waals surface area (Å²) in [6.45, 7) is 2.64. The minimum atomic E-state index is 0.674. The number of carbonyl (C=O) groups is 1. The number of carbonyl (C=O) groups excluding carboxylic acids is 1. The highest BCUT2D eigenvalue weighted by Gasteiger charge is 1.93. The average Bonchev–Trinajstić information content (AvgIpc) is 2.47. The van der Waals surface area contributed by atoms with Crippen LogP contribution in [0.1, 0.15) is 28.4 Å². The van der Waals surface area contributed by atoms with Crippen LogP contribution in [-0.2, 0) is 0 Å². The Morgan fingerprint density at radius 1 is 0.947 bits per heavy atom. The Morgan fingerprint density at radius 3 is 2.32 bits per heavy atom. The van der Waals surface area contributed by atoms with Crippen LogP contribution in [0.15, 0.2) is 48.5 Å². The fourth-order valence-corrected chi connectivity index (χ4v) is 1.77. The molecule has 0 aromatic heterocycles. The Labute approximate surface area is 113 Å². The van der Waals surface area contributed by atoms with Crippen molar-refractivity contribution in [3.63, 3.8) is 0 Å². The van der Waals surface area contributed by atoms with Gasteiger partial charge in [0.15, 0.2) is 0 Å². The van der Waals surface area contributed by atoms with Crippen molar-refractivity contribution >= 4 is 18.4 Å². The van der Waals surface area contributed by atoms with Gasteiger partial charge in [-0.25, -0.2) is 0 Å². The SMILES string of the molecule is CCOc1ccc(/C=C/c2cccc(C=O)c2)cc1. The summed E-state index contributed by atoms with van der Waals surface area (Å²) >= 11 is 0. The highest BCUT2D eigenvalue weighted by Crippen LogP contribution is 2.14. The molecule has 2 aromatic carbocycles. The lowest BCUT2D eigenvalue weighted by Crippen LogP contribution is -1.90. The lowest BCUT2D eigenvalue weighted by molar-refractivity contribution is 0.112. The van der Waals surface area contributed by atoms with Crippen LogP contribution >= 0.6 is 0 Å². The van der Waals surface area contributed by atoms with Gasteiger partial charge < -0.3 is 4.74 Å². The van der Waals surface area contributed by atoms with E-state index in [0.29, 0.717) is 12.2 Å². The highest BCUT2D eigenvalue weighted by molar-refractivity contribution is 5.78. The van der Waals surface area contributed by atoms with Crippen LogP contribution in [0.3, 0.4) is 0 Å². The molecule has 2 aromatic rings. The quantitative estimate of drug-likeness (QED) is 0.592. The van der Waals surface area contributed by atoms with E-state index in [1.165, 1.54) is 0 Å². The van der Waals surface area contributed by atoms with Gasteiger partial charge in [-0.05, 0) is 36.2 Å². The van der Waals surface area contributed by atoms with Crippen molar-refractivity contribution in [2.75, 3.05) is 6.61 Å².